The van der Waals surface area contributed by atoms with Gasteiger partial charge in [-0.25, -0.2) is 9.78 Å². The molecule has 3 heterocycles. The molecule has 0 amide bonds. The van der Waals surface area contributed by atoms with Crippen molar-refractivity contribution in [3.05, 3.63) is 69.1 Å². The summed E-state index contributed by atoms with van der Waals surface area (Å²) in [6.07, 6.45) is 5.72. The number of hydrogen-bond donors (Lipinski definition) is 2. The number of aromatic nitrogens is 3. The van der Waals surface area contributed by atoms with E-state index in [1.54, 1.807) is 11.3 Å². The van der Waals surface area contributed by atoms with E-state index in [0.29, 0.717) is 17.0 Å². The smallest absolute Gasteiger partial charge is 0.339 e. The molecule has 4 aromatic rings. The molecule has 160 valence electrons. The minimum atomic E-state index is -0.871. The van der Waals surface area contributed by atoms with E-state index in [2.05, 4.69) is 16.0 Å². The summed E-state index contributed by atoms with van der Waals surface area (Å²) < 4.78 is 2.02. The Balaban J connectivity index is 1.63. The van der Waals surface area contributed by atoms with Crippen LogP contribution in [0.4, 0.5) is 0 Å². The normalized spacial score (nSPS) is 13.8. The zero-order chi connectivity index (χ0) is 22.4. The number of hydrogen-bond acceptors (Lipinski definition) is 4. The number of allylic oxidation sites excluding steroid dienone is 1. The fourth-order valence-corrected chi connectivity index (χ4v) is 6.06. The van der Waals surface area contributed by atoms with E-state index in [1.807, 2.05) is 54.8 Å². The average Bonchev–Trinajstić information content (AvgIpc) is 3.44. The molecule has 7 heteroatoms. The largest absolute Gasteiger partial charge is 0.478 e. The van der Waals surface area contributed by atoms with Crippen LogP contribution in [0.15, 0.2) is 30.3 Å². The van der Waals surface area contributed by atoms with Gasteiger partial charge in [-0.1, -0.05) is 12.1 Å². The summed E-state index contributed by atoms with van der Waals surface area (Å²) >= 11 is 1.59. The second-order valence-corrected chi connectivity index (χ2v) is 9.21. The number of nitrogens with one attached hydrogen (secondary N) is 1. The van der Waals surface area contributed by atoms with Crippen LogP contribution in [0.1, 0.15) is 56.4 Å². The average molecular weight is 443 g/mol. The maximum Gasteiger partial charge on any atom is 0.339 e. The minimum Gasteiger partial charge on any atom is -0.478 e. The molecule has 0 unspecified atom stereocenters. The number of imidazole rings is 1. The first kappa shape index (κ1) is 20.3. The first-order valence-electron chi connectivity index (χ1n) is 10.6. The SMILES string of the molecule is Cc1cc(C=C(C#N)c2nc3ccccc3[nH]2)c(C)n1-c1sc2c(c1C(=O)O)CCCC2. The number of nitriles is 1. The van der Waals surface area contributed by atoms with Crippen molar-refractivity contribution in [2.45, 2.75) is 39.5 Å². The number of rotatable bonds is 4. The van der Waals surface area contributed by atoms with Crippen LogP contribution in [0.5, 0.6) is 0 Å². The topological polar surface area (TPSA) is 94.7 Å². The van der Waals surface area contributed by atoms with Gasteiger partial charge in [-0.05, 0) is 74.9 Å². The predicted molar refractivity (Wildman–Crippen MR) is 126 cm³/mol. The van der Waals surface area contributed by atoms with Crippen molar-refractivity contribution in [2.75, 3.05) is 0 Å². The Kier molecular flexibility index (Phi) is 4.95. The van der Waals surface area contributed by atoms with Crippen LogP contribution in [0.25, 0.3) is 27.7 Å². The van der Waals surface area contributed by atoms with Crippen LogP contribution in [0.2, 0.25) is 0 Å². The van der Waals surface area contributed by atoms with Gasteiger partial charge in [-0.3, -0.25) is 0 Å². The van der Waals surface area contributed by atoms with Crippen molar-refractivity contribution in [2.24, 2.45) is 0 Å². The number of carbonyl (C=O) groups is 1. The molecule has 1 aromatic carbocycles. The molecule has 0 saturated carbocycles. The number of H-pyrrole nitrogens is 1. The third-order valence-corrected chi connectivity index (χ3v) is 7.38. The van der Waals surface area contributed by atoms with Crippen LogP contribution in [-0.4, -0.2) is 25.6 Å². The van der Waals surface area contributed by atoms with Gasteiger partial charge in [0.1, 0.15) is 16.9 Å². The van der Waals surface area contributed by atoms with Gasteiger partial charge >= 0.3 is 5.97 Å². The molecule has 0 radical (unpaired) electrons. The number of para-hydroxylation sites is 2. The minimum absolute atomic E-state index is 0.430. The van der Waals surface area contributed by atoms with E-state index < -0.39 is 5.97 Å². The molecule has 0 spiro atoms. The highest BCUT2D eigenvalue weighted by Crippen LogP contribution is 2.39. The molecule has 0 saturated heterocycles. The van der Waals surface area contributed by atoms with Gasteiger partial charge in [0.15, 0.2) is 0 Å². The van der Waals surface area contributed by atoms with Crippen LogP contribution >= 0.6 is 11.3 Å². The second-order valence-electron chi connectivity index (χ2n) is 8.13. The number of carboxylic acids is 1. The van der Waals surface area contributed by atoms with Crippen molar-refractivity contribution in [3.63, 3.8) is 0 Å². The molecule has 1 aliphatic rings. The molecule has 1 aliphatic carbocycles. The Morgan fingerprint density at radius 3 is 2.81 bits per heavy atom. The first-order valence-corrected chi connectivity index (χ1v) is 11.4. The lowest BCUT2D eigenvalue weighted by Crippen LogP contribution is -2.09. The number of thiophene rings is 1. The Morgan fingerprint density at radius 2 is 2.06 bits per heavy atom. The second kappa shape index (κ2) is 7.81. The number of aromatic carboxylic acids is 1. The summed E-state index contributed by atoms with van der Waals surface area (Å²) in [5.74, 6) is -0.347. The van der Waals surface area contributed by atoms with Gasteiger partial charge in [-0.15, -0.1) is 11.3 Å². The van der Waals surface area contributed by atoms with E-state index >= 15 is 0 Å². The van der Waals surface area contributed by atoms with Crippen LogP contribution in [-0.2, 0) is 12.8 Å². The number of fused-ring (bicyclic) bond motifs is 2. The Morgan fingerprint density at radius 1 is 1.28 bits per heavy atom. The van der Waals surface area contributed by atoms with Gasteiger partial charge in [0.2, 0.25) is 0 Å². The molecule has 3 aromatic heterocycles. The van der Waals surface area contributed by atoms with Gasteiger partial charge in [0.05, 0.1) is 22.2 Å². The fourth-order valence-electron chi connectivity index (χ4n) is 4.57. The summed E-state index contributed by atoms with van der Waals surface area (Å²) in [6, 6.07) is 11.9. The standard InChI is InChI=1S/C25H22N4O2S/c1-14-11-16(12-17(13-26)23-27-19-8-4-5-9-20(19)28-23)15(2)29(14)24-22(25(30)31)18-7-3-6-10-21(18)32-24/h4-5,8-9,11-12H,3,6-7,10H2,1-2H3,(H,27,28)(H,30,31). The van der Waals surface area contributed by atoms with Gasteiger partial charge < -0.3 is 14.7 Å². The molecule has 0 aliphatic heterocycles. The number of benzene rings is 1. The molecular weight excluding hydrogens is 420 g/mol. The third-order valence-electron chi connectivity index (χ3n) is 6.10. The molecule has 32 heavy (non-hydrogen) atoms. The summed E-state index contributed by atoms with van der Waals surface area (Å²) in [5, 5.41) is 20.6. The van der Waals surface area contributed by atoms with Gasteiger partial charge in [0.25, 0.3) is 0 Å². The van der Waals surface area contributed by atoms with Crippen molar-refractivity contribution >= 4 is 40.0 Å². The van der Waals surface area contributed by atoms with E-state index in [4.69, 9.17) is 0 Å². The van der Waals surface area contributed by atoms with E-state index in [0.717, 1.165) is 64.2 Å². The Hall–Kier alpha value is -3.63. The van der Waals surface area contributed by atoms with Crippen LogP contribution in [0, 0.1) is 25.2 Å². The summed E-state index contributed by atoms with van der Waals surface area (Å²) in [5.41, 5.74) is 6.28. The van der Waals surface area contributed by atoms with E-state index in [-0.39, 0.29) is 0 Å². The third kappa shape index (κ3) is 3.24. The first-order chi connectivity index (χ1) is 15.5. The molecule has 2 N–H and O–H groups in total. The zero-order valence-corrected chi connectivity index (χ0v) is 18.7. The van der Waals surface area contributed by atoms with Crippen molar-refractivity contribution < 1.29 is 9.90 Å². The van der Waals surface area contributed by atoms with Crippen molar-refractivity contribution in [1.82, 2.24) is 14.5 Å². The molecule has 0 atom stereocenters. The summed E-state index contributed by atoms with van der Waals surface area (Å²) in [7, 11) is 0. The lowest BCUT2D eigenvalue weighted by molar-refractivity contribution is 0.0696. The van der Waals surface area contributed by atoms with Gasteiger partial charge in [-0.2, -0.15) is 5.26 Å². The Labute approximate surface area is 189 Å². The van der Waals surface area contributed by atoms with Gasteiger partial charge in [0, 0.05) is 16.3 Å². The maximum absolute atomic E-state index is 12.2. The molecular formula is C25H22N4O2S. The molecule has 5 rings (SSSR count). The number of aromatic amines is 1. The number of carboxylic acid groups (broad SMARTS) is 1. The van der Waals surface area contributed by atoms with Crippen LogP contribution < -0.4 is 0 Å². The van der Waals surface area contributed by atoms with E-state index in [9.17, 15) is 15.2 Å². The van der Waals surface area contributed by atoms with Crippen LogP contribution in [0.3, 0.4) is 0 Å². The molecule has 0 fully saturated rings. The summed E-state index contributed by atoms with van der Waals surface area (Å²) in [6.45, 7) is 3.94. The monoisotopic (exact) mass is 442 g/mol. The molecule has 0 bridgehead atoms. The summed E-state index contributed by atoms with van der Waals surface area (Å²) in [4.78, 5) is 21.1. The Bertz CT molecular complexity index is 1410. The highest BCUT2D eigenvalue weighted by atomic mass is 32.1. The number of aryl methyl sites for hydroxylation is 2. The van der Waals surface area contributed by atoms with E-state index in [1.165, 1.54) is 4.88 Å². The zero-order valence-electron chi connectivity index (χ0n) is 17.9. The highest BCUT2D eigenvalue weighted by molar-refractivity contribution is 7.15. The lowest BCUT2D eigenvalue weighted by Gasteiger charge is -2.11. The lowest BCUT2D eigenvalue weighted by atomic mass is 9.95. The van der Waals surface area contributed by atoms with Crippen molar-refractivity contribution in [1.29, 1.82) is 5.26 Å². The fraction of sp³-hybridized carbons (Fsp3) is 0.240. The number of nitrogens with zero attached hydrogens (tertiary/aromatic N) is 3. The predicted octanol–water partition coefficient (Wildman–Crippen LogP) is 5.67. The molecule has 6 nitrogen and oxygen atoms in total. The van der Waals surface area contributed by atoms with Crippen molar-refractivity contribution in [3.8, 4) is 11.1 Å². The quantitative estimate of drug-likeness (QED) is 0.398. The highest BCUT2D eigenvalue weighted by Gasteiger charge is 2.27. The maximum atomic E-state index is 12.2.